The molecule has 1 N–H and O–H groups in total. The maximum absolute atomic E-state index is 11.4. The Morgan fingerprint density at radius 1 is 1.67 bits per heavy atom. The van der Waals surface area contributed by atoms with Crippen LogP contribution in [0.5, 0.6) is 0 Å². The summed E-state index contributed by atoms with van der Waals surface area (Å²) in [5.74, 6) is 0.417. The minimum Gasteiger partial charge on any atom is -0.476 e. The SMILES string of the molecule is CCN(CC1CC1)c1nc2sccn2c1C(=O)O. The highest BCUT2D eigenvalue weighted by atomic mass is 32.1. The lowest BCUT2D eigenvalue weighted by Gasteiger charge is -2.20. The number of imidazole rings is 1. The van der Waals surface area contributed by atoms with Crippen LogP contribution in [0.15, 0.2) is 11.6 Å². The van der Waals surface area contributed by atoms with E-state index in [9.17, 15) is 9.90 Å². The van der Waals surface area contributed by atoms with Crippen LogP contribution in [0.1, 0.15) is 30.3 Å². The molecule has 2 heterocycles. The van der Waals surface area contributed by atoms with Crippen molar-refractivity contribution < 1.29 is 9.90 Å². The van der Waals surface area contributed by atoms with Gasteiger partial charge < -0.3 is 10.0 Å². The van der Waals surface area contributed by atoms with Crippen molar-refractivity contribution in [2.45, 2.75) is 19.8 Å². The Kier molecular flexibility index (Phi) is 2.74. The molecule has 6 heteroatoms. The number of aromatic nitrogens is 2. The van der Waals surface area contributed by atoms with Crippen molar-refractivity contribution >= 4 is 28.1 Å². The summed E-state index contributed by atoms with van der Waals surface area (Å²) in [5, 5.41) is 11.2. The summed E-state index contributed by atoms with van der Waals surface area (Å²) in [6.07, 6.45) is 4.27. The highest BCUT2D eigenvalue weighted by Gasteiger charge is 2.28. The second-order valence-electron chi connectivity index (χ2n) is 4.63. The number of carboxylic acid groups (broad SMARTS) is 1. The van der Waals surface area contributed by atoms with Crippen molar-refractivity contribution in [3.05, 3.63) is 17.3 Å². The van der Waals surface area contributed by atoms with Crippen LogP contribution >= 0.6 is 11.3 Å². The molecule has 0 atom stereocenters. The molecule has 96 valence electrons. The Hall–Kier alpha value is -1.56. The van der Waals surface area contributed by atoms with E-state index in [4.69, 9.17) is 0 Å². The van der Waals surface area contributed by atoms with Crippen LogP contribution in [0, 0.1) is 5.92 Å². The van der Waals surface area contributed by atoms with Crippen molar-refractivity contribution in [3.63, 3.8) is 0 Å². The third kappa shape index (κ3) is 1.86. The molecule has 2 aromatic heterocycles. The lowest BCUT2D eigenvalue weighted by atomic mass is 10.3. The molecule has 0 aromatic carbocycles. The molecular weight excluding hydrogens is 250 g/mol. The van der Waals surface area contributed by atoms with E-state index in [0.717, 1.165) is 18.1 Å². The number of thiazole rings is 1. The van der Waals surface area contributed by atoms with Gasteiger partial charge in [0.15, 0.2) is 16.5 Å². The first-order chi connectivity index (χ1) is 8.70. The first-order valence-corrected chi connectivity index (χ1v) is 7.02. The number of carbonyl (C=O) groups is 1. The lowest BCUT2D eigenvalue weighted by molar-refractivity contribution is 0.0690. The summed E-state index contributed by atoms with van der Waals surface area (Å²) in [4.78, 5) is 18.7. The lowest BCUT2D eigenvalue weighted by Crippen LogP contribution is -2.27. The van der Waals surface area contributed by atoms with Gasteiger partial charge in [0.2, 0.25) is 0 Å². The number of anilines is 1. The number of nitrogens with zero attached hydrogens (tertiary/aromatic N) is 3. The van der Waals surface area contributed by atoms with Crippen LogP contribution in [0.25, 0.3) is 4.96 Å². The first kappa shape index (κ1) is 11.5. The van der Waals surface area contributed by atoms with Gasteiger partial charge in [0.05, 0.1) is 0 Å². The molecule has 18 heavy (non-hydrogen) atoms. The van der Waals surface area contributed by atoms with Crippen molar-refractivity contribution in [1.82, 2.24) is 9.38 Å². The minimum atomic E-state index is -0.912. The summed E-state index contributed by atoms with van der Waals surface area (Å²) in [7, 11) is 0. The smallest absolute Gasteiger partial charge is 0.356 e. The molecule has 0 unspecified atom stereocenters. The molecule has 3 rings (SSSR count). The van der Waals surface area contributed by atoms with Crippen molar-refractivity contribution in [2.75, 3.05) is 18.0 Å². The van der Waals surface area contributed by atoms with Gasteiger partial charge in [-0.15, -0.1) is 11.3 Å². The molecule has 0 spiro atoms. The molecule has 2 aromatic rings. The second-order valence-corrected chi connectivity index (χ2v) is 5.50. The van der Waals surface area contributed by atoms with Crippen LogP contribution in [0.4, 0.5) is 5.82 Å². The summed E-state index contributed by atoms with van der Waals surface area (Å²) in [5.41, 5.74) is 0.286. The zero-order valence-corrected chi connectivity index (χ0v) is 11.0. The average molecular weight is 265 g/mol. The Balaban J connectivity index is 2.04. The largest absolute Gasteiger partial charge is 0.476 e. The number of hydrogen-bond acceptors (Lipinski definition) is 4. The average Bonchev–Trinajstić information content (AvgIpc) is 2.90. The van der Waals surface area contributed by atoms with Gasteiger partial charge in [-0.2, -0.15) is 0 Å². The standard InChI is InChI=1S/C12H15N3O2S/c1-2-14(7-8-3-4-8)10-9(11(16)17)15-5-6-18-12(15)13-10/h5-6,8H,2-4,7H2,1H3,(H,16,17). The fourth-order valence-electron chi connectivity index (χ4n) is 2.17. The molecule has 0 aliphatic heterocycles. The molecule has 1 saturated carbocycles. The van der Waals surface area contributed by atoms with Crippen LogP contribution in [0.2, 0.25) is 0 Å². The van der Waals surface area contributed by atoms with E-state index >= 15 is 0 Å². The van der Waals surface area contributed by atoms with E-state index in [2.05, 4.69) is 9.88 Å². The molecular formula is C12H15N3O2S. The van der Waals surface area contributed by atoms with Gasteiger partial charge >= 0.3 is 5.97 Å². The van der Waals surface area contributed by atoms with Gasteiger partial charge in [-0.05, 0) is 25.7 Å². The molecule has 5 nitrogen and oxygen atoms in total. The number of rotatable bonds is 5. The fourth-order valence-corrected chi connectivity index (χ4v) is 2.88. The molecule has 0 bridgehead atoms. The highest BCUT2D eigenvalue weighted by molar-refractivity contribution is 7.15. The quantitative estimate of drug-likeness (QED) is 0.901. The summed E-state index contributed by atoms with van der Waals surface area (Å²) in [6.45, 7) is 3.75. The minimum absolute atomic E-state index is 0.286. The monoisotopic (exact) mass is 265 g/mol. The maximum Gasteiger partial charge on any atom is 0.356 e. The zero-order chi connectivity index (χ0) is 12.7. The summed E-state index contributed by atoms with van der Waals surface area (Å²) in [6, 6.07) is 0. The van der Waals surface area contributed by atoms with Gasteiger partial charge in [-0.3, -0.25) is 4.40 Å². The number of carboxylic acids is 1. The summed E-state index contributed by atoms with van der Waals surface area (Å²) >= 11 is 1.46. The molecule has 0 saturated heterocycles. The molecule has 0 radical (unpaired) electrons. The van der Waals surface area contributed by atoms with Gasteiger partial charge in [-0.25, -0.2) is 9.78 Å². The Morgan fingerprint density at radius 2 is 2.44 bits per heavy atom. The molecule has 1 aliphatic carbocycles. The van der Waals surface area contributed by atoms with Crippen LogP contribution in [-0.2, 0) is 0 Å². The second kappa shape index (κ2) is 4.28. The predicted octanol–water partition coefficient (Wildman–Crippen LogP) is 2.33. The molecule has 1 aliphatic rings. The van der Waals surface area contributed by atoms with Gasteiger partial charge in [-0.1, -0.05) is 0 Å². The van der Waals surface area contributed by atoms with Crippen LogP contribution < -0.4 is 4.90 Å². The number of fused-ring (bicyclic) bond motifs is 1. The van der Waals surface area contributed by atoms with E-state index in [1.54, 1.807) is 10.6 Å². The fraction of sp³-hybridized carbons (Fsp3) is 0.500. The third-order valence-electron chi connectivity index (χ3n) is 3.30. The van der Waals surface area contributed by atoms with Crippen molar-refractivity contribution in [3.8, 4) is 0 Å². The maximum atomic E-state index is 11.4. The van der Waals surface area contributed by atoms with E-state index in [1.165, 1.54) is 24.2 Å². The Morgan fingerprint density at radius 3 is 3.06 bits per heavy atom. The molecule has 0 amide bonds. The number of hydrogen-bond donors (Lipinski definition) is 1. The van der Waals surface area contributed by atoms with E-state index < -0.39 is 5.97 Å². The van der Waals surface area contributed by atoms with Crippen LogP contribution in [0.3, 0.4) is 0 Å². The van der Waals surface area contributed by atoms with E-state index in [-0.39, 0.29) is 5.69 Å². The topological polar surface area (TPSA) is 57.8 Å². The van der Waals surface area contributed by atoms with Gasteiger partial charge in [0.25, 0.3) is 0 Å². The van der Waals surface area contributed by atoms with Crippen molar-refractivity contribution in [1.29, 1.82) is 0 Å². The first-order valence-electron chi connectivity index (χ1n) is 6.14. The van der Waals surface area contributed by atoms with Gasteiger partial charge in [0, 0.05) is 24.7 Å². The van der Waals surface area contributed by atoms with Crippen LogP contribution in [-0.4, -0.2) is 33.6 Å². The van der Waals surface area contributed by atoms with Gasteiger partial charge in [0.1, 0.15) is 0 Å². The Labute approximate surface area is 109 Å². The normalized spacial score (nSPS) is 15.2. The summed E-state index contributed by atoms with van der Waals surface area (Å²) < 4.78 is 1.66. The highest BCUT2D eigenvalue weighted by Crippen LogP contribution is 2.32. The molecule has 1 fully saturated rings. The van der Waals surface area contributed by atoms with E-state index in [1.807, 2.05) is 12.3 Å². The number of aromatic carboxylic acids is 1. The third-order valence-corrected chi connectivity index (χ3v) is 4.06. The van der Waals surface area contributed by atoms with E-state index in [0.29, 0.717) is 11.7 Å². The predicted molar refractivity (Wildman–Crippen MR) is 70.6 cm³/mol. The van der Waals surface area contributed by atoms with Crippen molar-refractivity contribution in [2.24, 2.45) is 5.92 Å². The Bertz CT molecular complexity index is 585. The zero-order valence-electron chi connectivity index (χ0n) is 10.2.